The second-order valence-electron chi connectivity index (χ2n) is 8.25. The van der Waals surface area contributed by atoms with E-state index >= 15 is 0 Å². The molecule has 11 heteroatoms. The molecular weight excluding hydrogens is 396 g/mol. The normalized spacial score (nSPS) is 20.8. The predicted molar refractivity (Wildman–Crippen MR) is 109 cm³/mol. The van der Waals surface area contributed by atoms with Crippen LogP contribution in [0.3, 0.4) is 0 Å². The van der Waals surface area contributed by atoms with E-state index < -0.39 is 8.07 Å². The molecular formula is C17H26N6O3SSi. The number of hydrogen-bond donors (Lipinski definition) is 2. The highest BCUT2D eigenvalue weighted by Gasteiger charge is 2.44. The Morgan fingerprint density at radius 1 is 1.39 bits per heavy atom. The first-order chi connectivity index (χ1) is 13.2. The van der Waals surface area contributed by atoms with E-state index in [0.717, 1.165) is 16.6 Å². The summed E-state index contributed by atoms with van der Waals surface area (Å²) in [6, 6.07) is 0.210. The summed E-state index contributed by atoms with van der Waals surface area (Å²) in [7, 11) is 0.273. The van der Waals surface area contributed by atoms with Gasteiger partial charge in [-0.3, -0.25) is 10.2 Å². The number of carbonyl (C=O) groups excluding carboxylic acids is 2. The molecule has 1 aromatic heterocycles. The number of urea groups is 1. The molecule has 3 amide bonds. The largest absolute Gasteiger partial charge is 0.450 e. The van der Waals surface area contributed by atoms with E-state index in [1.165, 1.54) is 11.3 Å². The zero-order valence-electron chi connectivity index (χ0n) is 16.6. The van der Waals surface area contributed by atoms with Crippen LogP contribution in [-0.4, -0.2) is 67.8 Å². The molecule has 1 fully saturated rings. The zero-order chi connectivity index (χ0) is 20.5. The molecule has 1 saturated heterocycles. The van der Waals surface area contributed by atoms with Crippen molar-refractivity contribution in [1.82, 2.24) is 20.1 Å². The average Bonchev–Trinajstić information content (AvgIpc) is 3.01. The lowest BCUT2D eigenvalue weighted by molar-refractivity contribution is 0.0399. The minimum absolute atomic E-state index is 0.129. The van der Waals surface area contributed by atoms with Crippen LogP contribution >= 0.6 is 11.3 Å². The van der Waals surface area contributed by atoms with Crippen molar-refractivity contribution < 1.29 is 14.3 Å². The van der Waals surface area contributed by atoms with Crippen molar-refractivity contribution in [2.24, 2.45) is 0 Å². The Morgan fingerprint density at radius 2 is 2.14 bits per heavy atom. The number of fused-ring (bicyclic) bond motifs is 4. The van der Waals surface area contributed by atoms with Gasteiger partial charge in [0.05, 0.1) is 35.8 Å². The lowest BCUT2D eigenvalue weighted by Gasteiger charge is -2.46. The van der Waals surface area contributed by atoms with Crippen molar-refractivity contribution in [2.45, 2.75) is 44.2 Å². The number of nitrogens with zero attached hydrogens (tertiary/aromatic N) is 4. The van der Waals surface area contributed by atoms with Crippen LogP contribution in [0.25, 0.3) is 0 Å². The Hall–Kier alpha value is -2.32. The minimum atomic E-state index is -1.27. The fraction of sp³-hybridized carbons (Fsp3) is 0.647. The van der Waals surface area contributed by atoms with Crippen LogP contribution in [0.4, 0.5) is 14.7 Å². The summed E-state index contributed by atoms with van der Waals surface area (Å²) in [5, 5.41) is 15.3. The smallest absolute Gasteiger partial charge is 0.409 e. The molecule has 1 aromatic rings. The molecule has 3 heterocycles. The maximum Gasteiger partial charge on any atom is 0.409 e. The number of nitrogens with one attached hydrogen (secondary N) is 2. The minimum Gasteiger partial charge on any atom is -0.450 e. The van der Waals surface area contributed by atoms with E-state index in [1.807, 2.05) is 0 Å². The van der Waals surface area contributed by atoms with E-state index in [1.54, 1.807) is 16.8 Å². The van der Waals surface area contributed by atoms with Crippen LogP contribution < -0.4 is 10.6 Å². The van der Waals surface area contributed by atoms with E-state index in [9.17, 15) is 14.9 Å². The van der Waals surface area contributed by atoms with Crippen molar-refractivity contribution in [3.05, 3.63) is 10.6 Å². The molecule has 0 saturated carbocycles. The lowest BCUT2D eigenvalue weighted by Crippen LogP contribution is -2.57. The fourth-order valence-electron chi connectivity index (χ4n) is 3.38. The van der Waals surface area contributed by atoms with Crippen molar-refractivity contribution in [3.8, 4) is 6.19 Å². The third kappa shape index (κ3) is 4.39. The van der Waals surface area contributed by atoms with Crippen molar-refractivity contribution >= 4 is 36.7 Å². The molecule has 2 N–H and O–H groups in total. The average molecular weight is 423 g/mol. The SMILES string of the molecule is CNC(=O)Nc1nc2c(s1)C1CN(C(=O)OCC[Si](C)(C)C)CC(C2)N1C#N. The summed E-state index contributed by atoms with van der Waals surface area (Å²) in [4.78, 5) is 33.0. The molecule has 0 spiro atoms. The highest BCUT2D eigenvalue weighted by Crippen LogP contribution is 2.41. The number of rotatable bonds is 4. The molecule has 2 aliphatic rings. The Balaban J connectivity index is 1.72. The number of carbonyl (C=O) groups is 2. The lowest BCUT2D eigenvalue weighted by atomic mass is 9.94. The summed E-state index contributed by atoms with van der Waals surface area (Å²) in [5.74, 6) is 0. The highest BCUT2D eigenvalue weighted by atomic mass is 32.1. The van der Waals surface area contributed by atoms with Crippen LogP contribution in [0, 0.1) is 11.5 Å². The molecule has 0 aromatic carbocycles. The van der Waals surface area contributed by atoms with Gasteiger partial charge in [-0.25, -0.2) is 14.6 Å². The summed E-state index contributed by atoms with van der Waals surface area (Å²) >= 11 is 1.35. The first kappa shape index (κ1) is 20.4. The second kappa shape index (κ2) is 7.96. The molecule has 28 heavy (non-hydrogen) atoms. The van der Waals surface area contributed by atoms with E-state index in [-0.39, 0.29) is 24.2 Å². The molecule has 2 aliphatic heterocycles. The monoisotopic (exact) mass is 422 g/mol. The third-order valence-electron chi connectivity index (χ3n) is 4.91. The van der Waals surface area contributed by atoms with Gasteiger partial charge in [0.1, 0.15) is 0 Å². The highest BCUT2D eigenvalue weighted by molar-refractivity contribution is 7.16. The van der Waals surface area contributed by atoms with Gasteiger partial charge in [0.25, 0.3) is 0 Å². The quantitative estimate of drug-likeness (QED) is 0.569. The summed E-state index contributed by atoms with van der Waals surface area (Å²) < 4.78 is 5.49. The van der Waals surface area contributed by atoms with Crippen molar-refractivity contribution in [3.63, 3.8) is 0 Å². The van der Waals surface area contributed by atoms with Crippen LogP contribution in [0.15, 0.2) is 0 Å². The fourth-order valence-corrected chi connectivity index (χ4v) is 5.18. The number of amides is 3. The molecule has 2 unspecified atom stereocenters. The number of anilines is 1. The summed E-state index contributed by atoms with van der Waals surface area (Å²) in [6.45, 7) is 7.98. The van der Waals surface area contributed by atoms with Gasteiger partial charge in [0, 0.05) is 28.1 Å². The van der Waals surface area contributed by atoms with E-state index in [4.69, 9.17) is 4.74 Å². The molecule has 3 rings (SSSR count). The van der Waals surface area contributed by atoms with Gasteiger partial charge in [-0.15, -0.1) is 0 Å². The van der Waals surface area contributed by atoms with Crippen LogP contribution in [-0.2, 0) is 11.2 Å². The standard InChI is InChI=1S/C17H26N6O3SSi/c1-19-15(24)21-16-20-12-7-11-8-22(17(25)26-5-6-28(2,3)4)9-13(14(12)27-16)23(11)10-18/h11,13H,5-9H2,1-4H3,(H2,19,20,21,24). The molecule has 2 bridgehead atoms. The molecule has 9 nitrogen and oxygen atoms in total. The van der Waals surface area contributed by atoms with Crippen molar-refractivity contribution in [2.75, 3.05) is 32.1 Å². The topological polar surface area (TPSA) is 111 Å². The van der Waals surface area contributed by atoms with Crippen LogP contribution in [0.1, 0.15) is 16.6 Å². The number of hydrogen-bond acceptors (Lipinski definition) is 7. The number of nitriles is 1. The Bertz CT molecular complexity index is 802. The van der Waals surface area contributed by atoms with Crippen LogP contribution in [0.5, 0.6) is 0 Å². The molecule has 0 aliphatic carbocycles. The maximum atomic E-state index is 12.6. The van der Waals surface area contributed by atoms with Crippen molar-refractivity contribution in [1.29, 1.82) is 5.26 Å². The van der Waals surface area contributed by atoms with E-state index in [2.05, 4.69) is 41.5 Å². The number of aromatic nitrogens is 1. The third-order valence-corrected chi connectivity index (χ3v) is 7.73. The second-order valence-corrected chi connectivity index (χ2v) is 14.9. The van der Waals surface area contributed by atoms with E-state index in [0.29, 0.717) is 31.2 Å². The zero-order valence-corrected chi connectivity index (χ0v) is 18.4. The van der Waals surface area contributed by atoms with Gasteiger partial charge in [0.15, 0.2) is 11.3 Å². The number of ether oxygens (including phenoxy) is 1. The first-order valence-electron chi connectivity index (χ1n) is 9.30. The maximum absolute atomic E-state index is 12.6. The summed E-state index contributed by atoms with van der Waals surface area (Å²) in [5.41, 5.74) is 0.893. The number of piperazine rings is 1. The summed E-state index contributed by atoms with van der Waals surface area (Å²) in [6.07, 6.45) is 2.51. The Kier molecular flexibility index (Phi) is 5.81. The number of thiazole rings is 1. The van der Waals surface area contributed by atoms with Gasteiger partial charge in [-0.2, -0.15) is 5.26 Å². The molecule has 152 valence electrons. The van der Waals surface area contributed by atoms with Gasteiger partial charge in [-0.1, -0.05) is 31.0 Å². The molecule has 0 radical (unpaired) electrons. The van der Waals surface area contributed by atoms with Crippen LogP contribution in [0.2, 0.25) is 25.7 Å². The first-order valence-corrected chi connectivity index (χ1v) is 13.8. The Morgan fingerprint density at radius 3 is 2.79 bits per heavy atom. The van der Waals surface area contributed by atoms with Gasteiger partial charge in [-0.05, 0) is 6.04 Å². The van der Waals surface area contributed by atoms with Gasteiger partial charge in [0.2, 0.25) is 0 Å². The Labute approximate surface area is 169 Å². The van der Waals surface area contributed by atoms with Gasteiger partial charge < -0.3 is 15.0 Å². The predicted octanol–water partition coefficient (Wildman–Crippen LogP) is 2.43. The van der Waals surface area contributed by atoms with Gasteiger partial charge >= 0.3 is 12.1 Å². The molecule has 2 atom stereocenters.